The largest absolute Gasteiger partial charge is 0.492 e. The third-order valence-corrected chi connectivity index (χ3v) is 6.89. The summed E-state index contributed by atoms with van der Waals surface area (Å²) in [6.45, 7) is 1.61. The molecule has 166 valence electrons. The summed E-state index contributed by atoms with van der Waals surface area (Å²) >= 11 is 0. The van der Waals surface area contributed by atoms with Crippen molar-refractivity contribution in [3.05, 3.63) is 66.0 Å². The van der Waals surface area contributed by atoms with Crippen LogP contribution >= 0.6 is 0 Å². The Labute approximate surface area is 182 Å². The summed E-state index contributed by atoms with van der Waals surface area (Å²) in [6, 6.07) is 12.3. The number of carbonyl (C=O) groups excluding carboxylic acids is 1. The fraction of sp³-hybridized carbons (Fsp3) is 0.348. The van der Waals surface area contributed by atoms with E-state index in [1.165, 1.54) is 18.2 Å². The monoisotopic (exact) mass is 446 g/mol. The van der Waals surface area contributed by atoms with E-state index in [2.05, 4.69) is 5.32 Å². The fourth-order valence-electron chi connectivity index (χ4n) is 3.31. The Balaban J connectivity index is 1.47. The van der Waals surface area contributed by atoms with Crippen LogP contribution in [0.5, 0.6) is 5.75 Å². The zero-order chi connectivity index (χ0) is 22.1. The summed E-state index contributed by atoms with van der Waals surface area (Å²) in [4.78, 5) is 12.2. The molecule has 6 nitrogen and oxygen atoms in total. The van der Waals surface area contributed by atoms with Crippen molar-refractivity contribution in [1.29, 1.82) is 0 Å². The Kier molecular flexibility index (Phi) is 8.20. The van der Waals surface area contributed by atoms with Crippen molar-refractivity contribution < 1.29 is 22.3 Å². The average molecular weight is 447 g/mol. The molecule has 0 aromatic heterocycles. The van der Waals surface area contributed by atoms with E-state index in [-0.39, 0.29) is 29.8 Å². The number of carbonyl (C=O) groups is 1. The second-order valence-electron chi connectivity index (χ2n) is 7.32. The van der Waals surface area contributed by atoms with Gasteiger partial charge in [0, 0.05) is 25.2 Å². The third-order valence-electron chi connectivity index (χ3n) is 4.98. The van der Waals surface area contributed by atoms with Crippen LogP contribution in [0.4, 0.5) is 4.39 Å². The first kappa shape index (κ1) is 23.0. The molecular weight excluding hydrogens is 419 g/mol. The van der Waals surface area contributed by atoms with E-state index < -0.39 is 10.0 Å². The van der Waals surface area contributed by atoms with Gasteiger partial charge >= 0.3 is 0 Å². The molecule has 1 amide bonds. The van der Waals surface area contributed by atoms with Gasteiger partial charge in [0.2, 0.25) is 15.9 Å². The topological polar surface area (TPSA) is 75.7 Å². The van der Waals surface area contributed by atoms with E-state index in [9.17, 15) is 17.6 Å². The van der Waals surface area contributed by atoms with Crippen LogP contribution < -0.4 is 10.1 Å². The predicted octanol–water partition coefficient (Wildman–Crippen LogP) is 3.60. The Morgan fingerprint density at radius 2 is 1.77 bits per heavy atom. The smallest absolute Gasteiger partial charge is 0.244 e. The van der Waals surface area contributed by atoms with Crippen LogP contribution in [0.15, 0.2) is 59.5 Å². The lowest BCUT2D eigenvalue weighted by molar-refractivity contribution is -0.116. The van der Waals surface area contributed by atoms with E-state index in [0.29, 0.717) is 18.8 Å². The molecule has 0 unspecified atom stereocenters. The zero-order valence-electron chi connectivity index (χ0n) is 17.3. The fourth-order valence-corrected chi connectivity index (χ4v) is 4.83. The average Bonchev–Trinajstić information content (AvgIpc) is 3.06. The lowest BCUT2D eigenvalue weighted by Crippen LogP contribution is -2.31. The highest BCUT2D eigenvalue weighted by Crippen LogP contribution is 2.21. The van der Waals surface area contributed by atoms with Crippen molar-refractivity contribution in [1.82, 2.24) is 9.62 Å². The standard InChI is InChI=1S/C23H27FN2O4S/c24-20-6-5-7-21(18-20)30-17-14-25-23(27)13-10-19-8-11-22(12-9-19)31(28,29)26-15-3-1-2-4-16-26/h5-13,18H,1-4,14-17H2,(H,25,27)/b13-10+. The number of benzene rings is 2. The first-order valence-electron chi connectivity index (χ1n) is 10.4. The molecule has 31 heavy (non-hydrogen) atoms. The van der Waals surface area contributed by atoms with E-state index >= 15 is 0 Å². The van der Waals surface area contributed by atoms with Crippen molar-refractivity contribution in [2.45, 2.75) is 30.6 Å². The molecule has 3 rings (SSSR count). The van der Waals surface area contributed by atoms with Gasteiger partial charge in [-0.3, -0.25) is 4.79 Å². The molecule has 1 fully saturated rings. The van der Waals surface area contributed by atoms with Crippen molar-refractivity contribution in [3.63, 3.8) is 0 Å². The van der Waals surface area contributed by atoms with E-state index in [0.717, 1.165) is 31.2 Å². The normalized spacial score (nSPS) is 15.5. The maximum atomic E-state index is 13.1. The Bertz CT molecular complexity index is 998. The van der Waals surface area contributed by atoms with Gasteiger partial charge in [-0.2, -0.15) is 4.31 Å². The maximum absolute atomic E-state index is 13.1. The van der Waals surface area contributed by atoms with Crippen molar-refractivity contribution in [2.75, 3.05) is 26.2 Å². The van der Waals surface area contributed by atoms with Gasteiger partial charge in [0.15, 0.2) is 0 Å². The maximum Gasteiger partial charge on any atom is 0.244 e. The molecule has 1 aliphatic rings. The van der Waals surface area contributed by atoms with Crippen molar-refractivity contribution in [3.8, 4) is 5.75 Å². The quantitative estimate of drug-likeness (QED) is 0.497. The number of hydrogen-bond acceptors (Lipinski definition) is 4. The molecule has 0 aliphatic carbocycles. The minimum Gasteiger partial charge on any atom is -0.492 e. The lowest BCUT2D eigenvalue weighted by Gasteiger charge is -2.19. The highest BCUT2D eigenvalue weighted by Gasteiger charge is 2.24. The zero-order valence-corrected chi connectivity index (χ0v) is 18.1. The lowest BCUT2D eigenvalue weighted by atomic mass is 10.2. The van der Waals surface area contributed by atoms with Crippen LogP contribution in [0.1, 0.15) is 31.2 Å². The number of rotatable bonds is 8. The molecule has 0 saturated carbocycles. The van der Waals surface area contributed by atoms with Crippen molar-refractivity contribution in [2.24, 2.45) is 0 Å². The van der Waals surface area contributed by atoms with Gasteiger partial charge < -0.3 is 10.1 Å². The van der Waals surface area contributed by atoms with Crippen LogP contribution in [0.3, 0.4) is 0 Å². The number of sulfonamides is 1. The number of amides is 1. The molecule has 2 aromatic carbocycles. The van der Waals surface area contributed by atoms with E-state index in [1.54, 1.807) is 46.8 Å². The SMILES string of the molecule is O=C(/C=C/c1ccc(S(=O)(=O)N2CCCCCC2)cc1)NCCOc1cccc(F)c1. The second kappa shape index (κ2) is 11.1. The molecule has 2 aromatic rings. The summed E-state index contributed by atoms with van der Waals surface area (Å²) in [6.07, 6.45) is 6.90. The molecule has 0 atom stereocenters. The van der Waals surface area contributed by atoms with Gasteiger partial charge in [0.05, 0.1) is 11.4 Å². The van der Waals surface area contributed by atoms with Gasteiger partial charge in [-0.05, 0) is 48.7 Å². The number of nitrogens with one attached hydrogen (secondary N) is 1. The minimum absolute atomic E-state index is 0.214. The highest BCUT2D eigenvalue weighted by molar-refractivity contribution is 7.89. The number of hydrogen-bond donors (Lipinski definition) is 1. The molecule has 1 aliphatic heterocycles. The van der Waals surface area contributed by atoms with Crippen LogP contribution in [0, 0.1) is 5.82 Å². The number of ether oxygens (including phenoxy) is 1. The highest BCUT2D eigenvalue weighted by atomic mass is 32.2. The number of halogens is 1. The van der Waals surface area contributed by atoms with Crippen LogP contribution in [-0.2, 0) is 14.8 Å². The minimum atomic E-state index is -3.48. The third kappa shape index (κ3) is 6.90. The summed E-state index contributed by atoms with van der Waals surface area (Å²) in [5, 5.41) is 2.68. The Hall–Kier alpha value is -2.71. The Morgan fingerprint density at radius 1 is 1.06 bits per heavy atom. The summed E-state index contributed by atoms with van der Waals surface area (Å²) in [5.41, 5.74) is 0.723. The predicted molar refractivity (Wildman–Crippen MR) is 118 cm³/mol. The van der Waals surface area contributed by atoms with Gasteiger partial charge in [-0.1, -0.05) is 31.0 Å². The van der Waals surface area contributed by atoms with Crippen molar-refractivity contribution >= 4 is 22.0 Å². The van der Waals surface area contributed by atoms with Gasteiger partial charge in [-0.15, -0.1) is 0 Å². The molecule has 0 bridgehead atoms. The van der Waals surface area contributed by atoms with E-state index in [4.69, 9.17) is 4.74 Å². The van der Waals surface area contributed by atoms with Crippen LogP contribution in [0.2, 0.25) is 0 Å². The second-order valence-corrected chi connectivity index (χ2v) is 9.26. The molecule has 8 heteroatoms. The first-order chi connectivity index (χ1) is 14.9. The Morgan fingerprint density at radius 3 is 2.45 bits per heavy atom. The summed E-state index contributed by atoms with van der Waals surface area (Å²) < 4.78 is 45.6. The molecule has 1 heterocycles. The van der Waals surface area contributed by atoms with E-state index in [1.807, 2.05) is 0 Å². The first-order valence-corrected chi connectivity index (χ1v) is 11.8. The molecule has 1 saturated heterocycles. The molecular formula is C23H27FN2O4S. The van der Waals surface area contributed by atoms with Crippen LogP contribution in [0.25, 0.3) is 6.08 Å². The summed E-state index contributed by atoms with van der Waals surface area (Å²) in [5.74, 6) is -0.279. The van der Waals surface area contributed by atoms with Gasteiger partial charge in [0.1, 0.15) is 18.2 Å². The summed E-state index contributed by atoms with van der Waals surface area (Å²) in [7, 11) is -3.48. The number of nitrogens with zero attached hydrogens (tertiary/aromatic N) is 1. The van der Waals surface area contributed by atoms with Gasteiger partial charge in [0.25, 0.3) is 0 Å². The van der Waals surface area contributed by atoms with Crippen LogP contribution in [-0.4, -0.2) is 44.9 Å². The van der Waals surface area contributed by atoms with Gasteiger partial charge in [-0.25, -0.2) is 12.8 Å². The molecule has 1 N–H and O–H groups in total. The molecule has 0 spiro atoms. The molecule has 0 radical (unpaired) electrons.